The van der Waals surface area contributed by atoms with Gasteiger partial charge in [-0.25, -0.2) is 0 Å². The van der Waals surface area contributed by atoms with Gasteiger partial charge in [0, 0.05) is 17.5 Å². The molecule has 5 heteroatoms. The van der Waals surface area contributed by atoms with Crippen LogP contribution in [-0.4, -0.2) is 11.8 Å². The SMILES string of the molecule is CCCc1sc(C(=O)N[C@@H](C)c2cccc(NC(C)=O)c2)cc1CC. The van der Waals surface area contributed by atoms with Gasteiger partial charge >= 0.3 is 0 Å². The molecule has 0 aliphatic heterocycles. The summed E-state index contributed by atoms with van der Waals surface area (Å²) in [6.07, 6.45) is 3.06. The lowest BCUT2D eigenvalue weighted by atomic mass is 10.1. The fraction of sp³-hybridized carbons (Fsp3) is 0.400. The van der Waals surface area contributed by atoms with Gasteiger partial charge in [0.05, 0.1) is 10.9 Å². The summed E-state index contributed by atoms with van der Waals surface area (Å²) in [7, 11) is 0. The van der Waals surface area contributed by atoms with Crippen molar-refractivity contribution >= 4 is 28.8 Å². The quantitative estimate of drug-likeness (QED) is 0.753. The van der Waals surface area contributed by atoms with Gasteiger partial charge in [-0.1, -0.05) is 32.4 Å². The largest absolute Gasteiger partial charge is 0.345 e. The molecule has 0 saturated heterocycles. The summed E-state index contributed by atoms with van der Waals surface area (Å²) in [5.74, 6) is -0.151. The maximum Gasteiger partial charge on any atom is 0.261 e. The van der Waals surface area contributed by atoms with Gasteiger partial charge in [-0.3, -0.25) is 9.59 Å². The molecule has 0 spiro atoms. The van der Waals surface area contributed by atoms with Crippen molar-refractivity contribution in [1.29, 1.82) is 0 Å². The molecule has 0 bridgehead atoms. The molecule has 1 aromatic heterocycles. The van der Waals surface area contributed by atoms with Crippen LogP contribution in [0.1, 0.15) is 65.8 Å². The molecule has 1 atom stereocenters. The van der Waals surface area contributed by atoms with Crippen molar-refractivity contribution in [2.24, 2.45) is 0 Å². The van der Waals surface area contributed by atoms with Gasteiger partial charge < -0.3 is 10.6 Å². The van der Waals surface area contributed by atoms with Gasteiger partial charge in [0.25, 0.3) is 5.91 Å². The molecule has 4 nitrogen and oxygen atoms in total. The Hall–Kier alpha value is -2.14. The maximum absolute atomic E-state index is 12.6. The van der Waals surface area contributed by atoms with Gasteiger partial charge in [-0.05, 0) is 49.1 Å². The summed E-state index contributed by atoms with van der Waals surface area (Å²) in [5, 5.41) is 5.83. The highest BCUT2D eigenvalue weighted by molar-refractivity contribution is 7.14. The van der Waals surface area contributed by atoms with Crippen LogP contribution in [0.4, 0.5) is 5.69 Å². The molecule has 0 aliphatic carbocycles. The summed E-state index contributed by atoms with van der Waals surface area (Å²) in [6.45, 7) is 7.71. The predicted molar refractivity (Wildman–Crippen MR) is 104 cm³/mol. The average molecular weight is 359 g/mol. The molecule has 2 amide bonds. The van der Waals surface area contributed by atoms with E-state index in [9.17, 15) is 9.59 Å². The van der Waals surface area contributed by atoms with Gasteiger partial charge in [0.2, 0.25) is 5.91 Å². The highest BCUT2D eigenvalue weighted by atomic mass is 32.1. The summed E-state index contributed by atoms with van der Waals surface area (Å²) < 4.78 is 0. The van der Waals surface area contributed by atoms with E-state index in [1.54, 1.807) is 11.3 Å². The monoisotopic (exact) mass is 358 g/mol. The Balaban J connectivity index is 2.11. The highest BCUT2D eigenvalue weighted by Gasteiger charge is 2.16. The zero-order valence-corrected chi connectivity index (χ0v) is 16.1. The second-order valence-corrected chi connectivity index (χ2v) is 7.30. The zero-order chi connectivity index (χ0) is 18.4. The number of rotatable bonds is 7. The Bertz CT molecular complexity index is 752. The van der Waals surface area contributed by atoms with Crippen molar-refractivity contribution in [2.45, 2.75) is 53.0 Å². The van der Waals surface area contributed by atoms with E-state index in [0.717, 1.165) is 35.4 Å². The van der Waals surface area contributed by atoms with Crippen LogP contribution in [0.2, 0.25) is 0 Å². The topological polar surface area (TPSA) is 58.2 Å². The van der Waals surface area contributed by atoms with E-state index in [-0.39, 0.29) is 17.9 Å². The van der Waals surface area contributed by atoms with Crippen LogP contribution in [0, 0.1) is 0 Å². The number of hydrogen-bond donors (Lipinski definition) is 2. The minimum atomic E-state index is -0.136. The third kappa shape index (κ3) is 5.16. The van der Waals surface area contributed by atoms with Crippen LogP contribution in [0.15, 0.2) is 30.3 Å². The standard InChI is InChI=1S/C20H26N2O2S/c1-5-8-18-15(6-2)12-19(25-18)20(24)21-13(3)16-9-7-10-17(11-16)22-14(4)23/h7,9-13H,5-6,8H2,1-4H3,(H,21,24)(H,22,23)/t13-/m0/s1. The minimum Gasteiger partial charge on any atom is -0.345 e. The van der Waals surface area contributed by atoms with Crippen molar-refractivity contribution in [2.75, 3.05) is 5.32 Å². The molecule has 0 radical (unpaired) electrons. The molecule has 25 heavy (non-hydrogen) atoms. The van der Waals surface area contributed by atoms with Gasteiger partial charge in [0.1, 0.15) is 0 Å². The fourth-order valence-electron chi connectivity index (χ4n) is 2.76. The number of carbonyl (C=O) groups excluding carboxylic acids is 2. The van der Waals surface area contributed by atoms with E-state index < -0.39 is 0 Å². The van der Waals surface area contributed by atoms with Crippen LogP contribution in [0.25, 0.3) is 0 Å². The lowest BCUT2D eigenvalue weighted by Gasteiger charge is -2.15. The minimum absolute atomic E-state index is 0.0421. The number of amides is 2. The van der Waals surface area contributed by atoms with E-state index in [0.29, 0.717) is 0 Å². The Kier molecular flexibility index (Phi) is 6.76. The molecule has 1 aromatic carbocycles. The molecular formula is C20H26N2O2S. The first-order valence-electron chi connectivity index (χ1n) is 8.74. The molecule has 134 valence electrons. The summed E-state index contributed by atoms with van der Waals surface area (Å²) >= 11 is 1.60. The molecule has 0 saturated carbocycles. The number of benzene rings is 1. The van der Waals surface area contributed by atoms with Crippen LogP contribution in [0.3, 0.4) is 0 Å². The summed E-state index contributed by atoms with van der Waals surface area (Å²) in [6, 6.07) is 9.44. The normalized spacial score (nSPS) is 11.8. The Morgan fingerprint density at radius 3 is 2.60 bits per heavy atom. The predicted octanol–water partition coefficient (Wildman–Crippen LogP) is 4.71. The molecule has 2 aromatic rings. The maximum atomic E-state index is 12.6. The first kappa shape index (κ1) is 19.2. The van der Waals surface area contributed by atoms with Crippen molar-refractivity contribution in [3.8, 4) is 0 Å². The zero-order valence-electron chi connectivity index (χ0n) is 15.3. The lowest BCUT2D eigenvalue weighted by molar-refractivity contribution is -0.114. The summed E-state index contributed by atoms with van der Waals surface area (Å²) in [5.41, 5.74) is 2.97. The van der Waals surface area contributed by atoms with Crippen LogP contribution in [0.5, 0.6) is 0 Å². The Labute approximate surface area is 153 Å². The van der Waals surface area contributed by atoms with Gasteiger partial charge in [-0.2, -0.15) is 0 Å². The van der Waals surface area contributed by atoms with E-state index in [2.05, 4.69) is 24.5 Å². The van der Waals surface area contributed by atoms with Crippen LogP contribution < -0.4 is 10.6 Å². The third-order valence-corrected chi connectivity index (χ3v) is 5.27. The number of nitrogens with one attached hydrogen (secondary N) is 2. The van der Waals surface area contributed by atoms with Crippen molar-refractivity contribution < 1.29 is 9.59 Å². The van der Waals surface area contributed by atoms with Crippen LogP contribution in [-0.2, 0) is 17.6 Å². The van der Waals surface area contributed by atoms with E-state index >= 15 is 0 Å². The molecular weight excluding hydrogens is 332 g/mol. The average Bonchev–Trinajstić information content (AvgIpc) is 2.98. The lowest BCUT2D eigenvalue weighted by Crippen LogP contribution is -2.26. The second kappa shape index (κ2) is 8.81. The number of thiophene rings is 1. The van der Waals surface area contributed by atoms with Crippen molar-refractivity contribution in [3.05, 3.63) is 51.2 Å². The molecule has 1 heterocycles. The highest BCUT2D eigenvalue weighted by Crippen LogP contribution is 2.25. The molecule has 2 rings (SSSR count). The molecule has 2 N–H and O–H groups in total. The van der Waals surface area contributed by atoms with Crippen LogP contribution >= 0.6 is 11.3 Å². The van der Waals surface area contributed by atoms with Gasteiger partial charge in [0.15, 0.2) is 0 Å². The first-order chi connectivity index (χ1) is 11.9. The van der Waals surface area contributed by atoms with Crippen molar-refractivity contribution in [3.63, 3.8) is 0 Å². The number of hydrogen-bond acceptors (Lipinski definition) is 3. The Morgan fingerprint density at radius 1 is 1.20 bits per heavy atom. The Morgan fingerprint density at radius 2 is 1.96 bits per heavy atom. The smallest absolute Gasteiger partial charge is 0.261 e. The van der Waals surface area contributed by atoms with E-state index in [1.165, 1.54) is 17.4 Å². The number of aryl methyl sites for hydroxylation is 2. The third-order valence-electron chi connectivity index (χ3n) is 4.03. The van der Waals surface area contributed by atoms with Crippen molar-refractivity contribution in [1.82, 2.24) is 5.32 Å². The molecule has 0 unspecified atom stereocenters. The number of carbonyl (C=O) groups is 2. The van der Waals surface area contributed by atoms with E-state index in [4.69, 9.17) is 0 Å². The molecule has 0 fully saturated rings. The van der Waals surface area contributed by atoms with Gasteiger partial charge in [-0.15, -0.1) is 11.3 Å². The number of anilines is 1. The summed E-state index contributed by atoms with van der Waals surface area (Å²) in [4.78, 5) is 25.9. The van der Waals surface area contributed by atoms with E-state index in [1.807, 2.05) is 37.3 Å². The first-order valence-corrected chi connectivity index (χ1v) is 9.56. The molecule has 0 aliphatic rings. The second-order valence-electron chi connectivity index (χ2n) is 6.16. The fourth-order valence-corrected chi connectivity index (χ4v) is 4.02.